The molecule has 0 bridgehead atoms. The summed E-state index contributed by atoms with van der Waals surface area (Å²) < 4.78 is 33.3. The Morgan fingerprint density at radius 1 is 1.35 bits per heavy atom. The summed E-state index contributed by atoms with van der Waals surface area (Å²) in [7, 11) is -3.60. The minimum Gasteiger partial charge on any atom is -0.464 e. The van der Waals surface area contributed by atoms with E-state index in [9.17, 15) is 13.5 Å². The highest BCUT2D eigenvalue weighted by atomic mass is 32.2. The number of hydrogen-bond donors (Lipinski definition) is 1. The quantitative estimate of drug-likeness (QED) is 0.866. The minimum atomic E-state index is -3.60. The summed E-state index contributed by atoms with van der Waals surface area (Å²) in [5, 5.41) is 9.95. The molecule has 1 unspecified atom stereocenters. The van der Waals surface area contributed by atoms with Gasteiger partial charge in [-0.15, -0.1) is 0 Å². The average Bonchev–Trinajstić information content (AvgIpc) is 2.48. The molecule has 1 aromatic rings. The molecule has 0 amide bonds. The van der Waals surface area contributed by atoms with Gasteiger partial charge in [0.2, 0.25) is 6.29 Å². The van der Waals surface area contributed by atoms with E-state index in [1.807, 2.05) is 27.7 Å². The summed E-state index contributed by atoms with van der Waals surface area (Å²) in [4.78, 5) is 0. The van der Waals surface area contributed by atoms with Gasteiger partial charge in [0.05, 0.1) is 11.7 Å². The van der Waals surface area contributed by atoms with E-state index in [-0.39, 0.29) is 5.92 Å². The van der Waals surface area contributed by atoms with Gasteiger partial charge in [0, 0.05) is 11.1 Å². The highest BCUT2D eigenvalue weighted by Gasteiger charge is 2.41. The van der Waals surface area contributed by atoms with Crippen molar-refractivity contribution in [3.8, 4) is 11.5 Å². The molecule has 1 atom stereocenters. The molecule has 112 valence electrons. The van der Waals surface area contributed by atoms with Gasteiger partial charge in [0.1, 0.15) is 11.5 Å². The molecule has 6 heteroatoms. The van der Waals surface area contributed by atoms with Crippen LogP contribution in [0.2, 0.25) is 0 Å². The minimum absolute atomic E-state index is 0.0708. The zero-order valence-corrected chi connectivity index (χ0v) is 13.1. The van der Waals surface area contributed by atoms with Crippen LogP contribution in [0.5, 0.6) is 11.5 Å². The average molecular weight is 300 g/mol. The molecule has 0 aliphatic carbocycles. The molecular weight excluding hydrogens is 280 g/mol. The van der Waals surface area contributed by atoms with Crippen LogP contribution in [0.3, 0.4) is 0 Å². The number of rotatable bonds is 3. The summed E-state index contributed by atoms with van der Waals surface area (Å²) in [6, 6.07) is 3.40. The lowest BCUT2D eigenvalue weighted by Crippen LogP contribution is -2.31. The number of benzene rings is 1. The molecule has 20 heavy (non-hydrogen) atoms. The number of aliphatic hydroxyl groups excluding tert-OH is 1. The Hall–Kier alpha value is -1.27. The molecule has 0 fully saturated rings. The van der Waals surface area contributed by atoms with E-state index < -0.39 is 21.8 Å². The van der Waals surface area contributed by atoms with Crippen LogP contribution in [0.15, 0.2) is 12.1 Å². The fourth-order valence-electron chi connectivity index (χ4n) is 2.26. The third-order valence-electron chi connectivity index (χ3n) is 3.53. The van der Waals surface area contributed by atoms with Crippen LogP contribution in [-0.2, 0) is 15.5 Å². The molecule has 0 radical (unpaired) electrons. The van der Waals surface area contributed by atoms with Crippen LogP contribution in [-0.4, -0.2) is 26.1 Å². The van der Waals surface area contributed by atoms with Crippen molar-refractivity contribution in [3.05, 3.63) is 23.3 Å². The topological polar surface area (TPSA) is 72.8 Å². The Morgan fingerprint density at radius 3 is 2.45 bits per heavy atom. The van der Waals surface area contributed by atoms with Gasteiger partial charge in [-0.25, -0.2) is 0 Å². The third kappa shape index (κ3) is 2.62. The summed E-state index contributed by atoms with van der Waals surface area (Å²) in [5.74, 6) is 0.945. The van der Waals surface area contributed by atoms with Gasteiger partial charge in [-0.2, -0.15) is 8.42 Å². The highest BCUT2D eigenvalue weighted by molar-refractivity contribution is 7.86. The monoisotopic (exact) mass is 300 g/mol. The zero-order chi connectivity index (χ0) is 15.3. The van der Waals surface area contributed by atoms with E-state index in [1.54, 1.807) is 12.1 Å². The van der Waals surface area contributed by atoms with Crippen LogP contribution in [0.4, 0.5) is 0 Å². The lowest BCUT2D eigenvalue weighted by Gasteiger charge is -2.21. The molecule has 2 rings (SSSR count). The van der Waals surface area contributed by atoms with Gasteiger partial charge in [0.25, 0.3) is 0 Å². The van der Waals surface area contributed by atoms with Crippen LogP contribution in [0, 0.1) is 0 Å². The molecule has 1 heterocycles. The summed E-state index contributed by atoms with van der Waals surface area (Å²) in [6.07, 6.45) is 0.0619. The van der Waals surface area contributed by atoms with Crippen molar-refractivity contribution in [2.45, 2.75) is 45.3 Å². The van der Waals surface area contributed by atoms with Crippen LogP contribution in [0.1, 0.15) is 44.7 Å². The van der Waals surface area contributed by atoms with E-state index in [4.69, 9.17) is 8.92 Å². The molecule has 1 aliphatic heterocycles. The molecule has 5 nitrogen and oxygen atoms in total. The first kappa shape index (κ1) is 15.1. The molecule has 1 N–H and O–H groups in total. The Labute approximate surface area is 119 Å². The molecule has 1 aliphatic rings. The van der Waals surface area contributed by atoms with Crippen molar-refractivity contribution in [2.24, 2.45) is 0 Å². The predicted molar refractivity (Wildman–Crippen MR) is 75.7 cm³/mol. The first-order chi connectivity index (χ1) is 9.02. The maximum Gasteiger partial charge on any atom is 0.306 e. The lowest BCUT2D eigenvalue weighted by atomic mass is 9.84. The van der Waals surface area contributed by atoms with Gasteiger partial charge in [-0.3, -0.25) is 0 Å². The fourth-order valence-corrected chi connectivity index (χ4v) is 2.73. The smallest absolute Gasteiger partial charge is 0.306 e. The zero-order valence-electron chi connectivity index (χ0n) is 12.3. The first-order valence-corrected chi connectivity index (χ1v) is 8.26. The third-order valence-corrected chi connectivity index (χ3v) is 4.01. The molecule has 0 saturated heterocycles. The van der Waals surface area contributed by atoms with Gasteiger partial charge in [-0.1, -0.05) is 13.8 Å². The molecular formula is C14H20O5S. The summed E-state index contributed by atoms with van der Waals surface area (Å²) in [5.41, 5.74) is 0.868. The van der Waals surface area contributed by atoms with E-state index in [0.717, 1.165) is 17.4 Å². The Bertz CT molecular complexity index is 631. The van der Waals surface area contributed by atoms with Crippen LogP contribution in [0.25, 0.3) is 0 Å². The molecule has 0 saturated carbocycles. The van der Waals surface area contributed by atoms with Crippen LogP contribution < -0.4 is 8.92 Å². The van der Waals surface area contributed by atoms with Crippen molar-refractivity contribution >= 4 is 10.1 Å². The second-order valence-electron chi connectivity index (χ2n) is 6.02. The Kier molecular flexibility index (Phi) is 3.50. The van der Waals surface area contributed by atoms with Crippen LogP contribution >= 0.6 is 0 Å². The predicted octanol–water partition coefficient (Wildman–Crippen LogP) is 2.14. The van der Waals surface area contributed by atoms with Gasteiger partial charge in [0.15, 0.2) is 0 Å². The Balaban J connectivity index is 2.61. The van der Waals surface area contributed by atoms with Crippen molar-refractivity contribution in [1.29, 1.82) is 0 Å². The standard InChI is InChI=1S/C14H20O5S/c1-8(2)9-6-12-10(14(3,4)13(15)18-12)7-11(9)19-20(5,16)17/h6-8,13,15H,1-5H3. The van der Waals surface area contributed by atoms with Gasteiger partial charge >= 0.3 is 10.1 Å². The normalized spacial score (nSPS) is 20.6. The Morgan fingerprint density at radius 2 is 1.95 bits per heavy atom. The summed E-state index contributed by atoms with van der Waals surface area (Å²) in [6.45, 7) is 7.55. The fraction of sp³-hybridized carbons (Fsp3) is 0.571. The molecule has 0 spiro atoms. The second kappa shape index (κ2) is 4.63. The number of hydrogen-bond acceptors (Lipinski definition) is 5. The SMILES string of the molecule is CC(C)c1cc2c(cc1OS(C)(=O)=O)C(C)(C)C(O)O2. The number of fused-ring (bicyclic) bond motifs is 1. The second-order valence-corrected chi connectivity index (χ2v) is 7.60. The first-order valence-electron chi connectivity index (χ1n) is 6.45. The number of aliphatic hydroxyl groups is 1. The largest absolute Gasteiger partial charge is 0.464 e. The van der Waals surface area contributed by atoms with Gasteiger partial charge < -0.3 is 14.0 Å². The maximum absolute atomic E-state index is 11.4. The molecule has 0 aromatic heterocycles. The number of ether oxygens (including phenoxy) is 1. The lowest BCUT2D eigenvalue weighted by molar-refractivity contribution is -0.0450. The van der Waals surface area contributed by atoms with Gasteiger partial charge in [-0.05, 0) is 31.9 Å². The summed E-state index contributed by atoms with van der Waals surface area (Å²) >= 11 is 0. The van der Waals surface area contributed by atoms with Crippen molar-refractivity contribution in [2.75, 3.05) is 6.26 Å². The molecule has 1 aromatic carbocycles. The maximum atomic E-state index is 11.4. The van der Waals surface area contributed by atoms with Crippen molar-refractivity contribution in [1.82, 2.24) is 0 Å². The van der Waals surface area contributed by atoms with E-state index >= 15 is 0 Å². The van der Waals surface area contributed by atoms with Crippen molar-refractivity contribution < 1.29 is 22.4 Å². The van der Waals surface area contributed by atoms with Crippen molar-refractivity contribution in [3.63, 3.8) is 0 Å². The van der Waals surface area contributed by atoms with E-state index in [2.05, 4.69) is 0 Å². The highest BCUT2D eigenvalue weighted by Crippen LogP contribution is 2.46. The van der Waals surface area contributed by atoms with E-state index in [0.29, 0.717) is 11.5 Å². The van der Waals surface area contributed by atoms with E-state index in [1.165, 1.54) is 0 Å².